The minimum atomic E-state index is -2.36. The molecule has 0 bridgehead atoms. The molecule has 12 heteroatoms. The molecule has 1 aromatic heterocycles. The highest BCUT2D eigenvalue weighted by atomic mass is 19.2. The number of halogens is 5. The third kappa shape index (κ3) is 4.40. The lowest BCUT2D eigenvalue weighted by molar-refractivity contribution is -0.136. The number of methoxy groups -OCH3 is 1. The summed E-state index contributed by atoms with van der Waals surface area (Å²) < 4.78 is 90.1. The van der Waals surface area contributed by atoms with Crippen LogP contribution in [0.25, 0.3) is 17.0 Å². The van der Waals surface area contributed by atoms with Crippen molar-refractivity contribution >= 4 is 28.7 Å². The maximum Gasteiger partial charge on any atom is 0.349 e. The predicted molar refractivity (Wildman–Crippen MR) is 131 cm³/mol. The SMILES string of the molecule is COc1ccc2c(c1)c(/C=C1\Oc3c(ccc(OC(=O)COc4c(F)c(F)c(F)c(F)c4F)c3C)C1=O)cn2C. The maximum absolute atomic E-state index is 13.8. The fourth-order valence-electron chi connectivity index (χ4n) is 4.26. The largest absolute Gasteiger partial charge is 0.497 e. The zero-order valence-corrected chi connectivity index (χ0v) is 21.0. The molecule has 0 unspecified atom stereocenters. The van der Waals surface area contributed by atoms with E-state index in [-0.39, 0.29) is 28.4 Å². The number of rotatable bonds is 6. The Hall–Kier alpha value is -4.87. The van der Waals surface area contributed by atoms with Crippen LogP contribution in [-0.2, 0) is 11.8 Å². The van der Waals surface area contributed by atoms with E-state index < -0.39 is 53.2 Å². The monoisotopic (exact) mass is 559 g/mol. The summed E-state index contributed by atoms with van der Waals surface area (Å²) in [6.07, 6.45) is 3.40. The third-order valence-electron chi connectivity index (χ3n) is 6.28. The summed E-state index contributed by atoms with van der Waals surface area (Å²) in [4.78, 5) is 25.3. The van der Waals surface area contributed by atoms with Crippen molar-refractivity contribution < 1.29 is 50.5 Å². The first-order valence-corrected chi connectivity index (χ1v) is 11.6. The number of fused-ring (bicyclic) bond motifs is 2. The lowest BCUT2D eigenvalue weighted by Gasteiger charge is -2.12. The van der Waals surface area contributed by atoms with Gasteiger partial charge in [0.1, 0.15) is 17.2 Å². The zero-order chi connectivity index (χ0) is 28.9. The number of hydrogen-bond donors (Lipinski definition) is 0. The lowest BCUT2D eigenvalue weighted by atomic mass is 10.1. The molecule has 0 fully saturated rings. The van der Waals surface area contributed by atoms with Crippen LogP contribution in [0, 0.1) is 36.0 Å². The molecule has 0 radical (unpaired) electrons. The number of aryl methyl sites for hydroxylation is 1. The first-order chi connectivity index (χ1) is 19.0. The molecule has 40 heavy (non-hydrogen) atoms. The summed E-state index contributed by atoms with van der Waals surface area (Å²) in [5.74, 6) is -13.8. The summed E-state index contributed by atoms with van der Waals surface area (Å²) >= 11 is 0. The summed E-state index contributed by atoms with van der Waals surface area (Å²) in [5.41, 5.74) is 2.05. The molecule has 0 spiro atoms. The molecule has 0 N–H and O–H groups in total. The molecule has 1 aliphatic heterocycles. The van der Waals surface area contributed by atoms with Gasteiger partial charge in [-0.2, -0.15) is 8.78 Å². The van der Waals surface area contributed by atoms with Crippen LogP contribution < -0.4 is 18.9 Å². The summed E-state index contributed by atoms with van der Waals surface area (Å²) in [5, 5.41) is 0.821. The second-order valence-electron chi connectivity index (χ2n) is 8.75. The topological polar surface area (TPSA) is 76.0 Å². The van der Waals surface area contributed by atoms with Crippen LogP contribution in [0.15, 0.2) is 42.3 Å². The summed E-state index contributed by atoms with van der Waals surface area (Å²) in [6.45, 7) is 0.329. The number of aromatic nitrogens is 1. The van der Waals surface area contributed by atoms with Crippen LogP contribution in [0.1, 0.15) is 21.5 Å². The first kappa shape index (κ1) is 26.7. The van der Waals surface area contributed by atoms with Crippen molar-refractivity contribution in [2.75, 3.05) is 13.7 Å². The Bertz CT molecular complexity index is 1730. The predicted octanol–water partition coefficient (Wildman–Crippen LogP) is 5.79. The number of ether oxygens (including phenoxy) is 4. The van der Waals surface area contributed by atoms with Gasteiger partial charge in [0.05, 0.1) is 12.7 Å². The van der Waals surface area contributed by atoms with Gasteiger partial charge in [0, 0.05) is 35.3 Å². The zero-order valence-electron chi connectivity index (χ0n) is 21.0. The molecule has 0 saturated heterocycles. The summed E-state index contributed by atoms with van der Waals surface area (Å²) in [6, 6.07) is 8.18. The van der Waals surface area contributed by atoms with Gasteiger partial charge in [0.25, 0.3) is 0 Å². The van der Waals surface area contributed by atoms with Gasteiger partial charge < -0.3 is 23.5 Å². The second-order valence-corrected chi connectivity index (χ2v) is 8.75. The Morgan fingerprint density at radius 3 is 2.35 bits per heavy atom. The molecule has 1 aliphatic rings. The number of ketones is 1. The molecule has 0 amide bonds. The van der Waals surface area contributed by atoms with Crippen molar-refractivity contribution in [3.05, 3.63) is 88.1 Å². The van der Waals surface area contributed by atoms with Gasteiger partial charge in [-0.3, -0.25) is 4.79 Å². The fraction of sp³-hybridized carbons (Fsp3) is 0.143. The van der Waals surface area contributed by atoms with Crippen molar-refractivity contribution in [1.82, 2.24) is 4.57 Å². The van der Waals surface area contributed by atoms with E-state index in [4.69, 9.17) is 14.2 Å². The molecular weight excluding hydrogens is 541 g/mol. The smallest absolute Gasteiger partial charge is 0.349 e. The third-order valence-corrected chi connectivity index (χ3v) is 6.28. The Labute approximate surface area is 222 Å². The van der Waals surface area contributed by atoms with Crippen LogP contribution in [0.2, 0.25) is 0 Å². The number of carbonyl (C=O) groups is 2. The van der Waals surface area contributed by atoms with E-state index in [0.717, 1.165) is 10.9 Å². The van der Waals surface area contributed by atoms with Crippen molar-refractivity contribution in [2.24, 2.45) is 7.05 Å². The van der Waals surface area contributed by atoms with Crippen LogP contribution in [0.3, 0.4) is 0 Å². The van der Waals surface area contributed by atoms with Gasteiger partial charge >= 0.3 is 5.97 Å². The number of nitrogens with zero attached hydrogens (tertiary/aromatic N) is 1. The molecular formula is C28H18F5NO6. The van der Waals surface area contributed by atoms with Gasteiger partial charge in [-0.1, -0.05) is 0 Å². The van der Waals surface area contributed by atoms with Crippen molar-refractivity contribution in [3.63, 3.8) is 0 Å². The van der Waals surface area contributed by atoms with E-state index in [1.807, 2.05) is 36.0 Å². The van der Waals surface area contributed by atoms with Crippen LogP contribution in [0.5, 0.6) is 23.0 Å². The highest BCUT2D eigenvalue weighted by Crippen LogP contribution is 2.40. The number of carbonyl (C=O) groups excluding carboxylic acids is 2. The minimum absolute atomic E-state index is 0.0199. The molecule has 5 rings (SSSR count). The van der Waals surface area contributed by atoms with E-state index in [2.05, 4.69) is 4.74 Å². The van der Waals surface area contributed by atoms with Crippen LogP contribution in [0.4, 0.5) is 22.0 Å². The standard InChI is InChI=1S/C28H18F5NO6/c1-12-18(39-20(35)11-38-28-24(32)22(30)21(29)23(31)25(28)33)7-5-15-26(36)19(40-27(12)15)8-13-10-34(2)17-6-4-14(37-3)9-16(13)17/h4-10H,11H2,1-3H3/b19-8-. The molecule has 206 valence electrons. The molecule has 2 heterocycles. The quantitative estimate of drug-likeness (QED) is 0.0744. The minimum Gasteiger partial charge on any atom is -0.497 e. The molecule has 0 atom stereocenters. The number of hydrogen-bond acceptors (Lipinski definition) is 6. The number of allylic oxidation sites excluding steroid dienone is 1. The van der Waals surface area contributed by atoms with Gasteiger partial charge in [-0.15, -0.1) is 0 Å². The van der Waals surface area contributed by atoms with E-state index in [9.17, 15) is 31.5 Å². The first-order valence-electron chi connectivity index (χ1n) is 11.6. The highest BCUT2D eigenvalue weighted by Gasteiger charge is 2.31. The molecule has 4 aromatic rings. The Morgan fingerprint density at radius 1 is 1.00 bits per heavy atom. The summed E-state index contributed by atoms with van der Waals surface area (Å²) in [7, 11) is 3.39. The maximum atomic E-state index is 13.8. The fourth-order valence-corrected chi connectivity index (χ4v) is 4.26. The van der Waals surface area contributed by atoms with Crippen molar-refractivity contribution in [2.45, 2.75) is 6.92 Å². The highest BCUT2D eigenvalue weighted by molar-refractivity contribution is 6.15. The molecule has 0 saturated carbocycles. The van der Waals surface area contributed by atoms with E-state index in [0.29, 0.717) is 11.3 Å². The van der Waals surface area contributed by atoms with E-state index in [1.165, 1.54) is 19.1 Å². The van der Waals surface area contributed by atoms with E-state index in [1.54, 1.807) is 13.2 Å². The normalized spacial score (nSPS) is 13.5. The van der Waals surface area contributed by atoms with Crippen molar-refractivity contribution in [3.8, 4) is 23.0 Å². The van der Waals surface area contributed by atoms with Crippen molar-refractivity contribution in [1.29, 1.82) is 0 Å². The van der Waals surface area contributed by atoms with Crippen LogP contribution in [-0.4, -0.2) is 30.0 Å². The van der Waals surface area contributed by atoms with Gasteiger partial charge in [0.15, 0.2) is 18.1 Å². The Morgan fingerprint density at radius 2 is 1.68 bits per heavy atom. The van der Waals surface area contributed by atoms with Crippen LogP contribution >= 0.6 is 0 Å². The van der Waals surface area contributed by atoms with Gasteiger partial charge in [-0.25, -0.2) is 18.0 Å². The number of Topliss-reactive ketones (excluding diaryl/α,β-unsaturated/α-hetero) is 1. The van der Waals surface area contributed by atoms with E-state index >= 15 is 0 Å². The second kappa shape index (κ2) is 10.0. The molecule has 0 aliphatic carbocycles. The average molecular weight is 559 g/mol. The van der Waals surface area contributed by atoms with Gasteiger partial charge in [0.2, 0.25) is 34.9 Å². The molecule has 7 nitrogen and oxygen atoms in total. The lowest BCUT2D eigenvalue weighted by Crippen LogP contribution is -2.20. The Balaban J connectivity index is 1.36. The number of benzene rings is 3. The average Bonchev–Trinajstić information content (AvgIpc) is 3.43. The number of esters is 1. The Kier molecular flexibility index (Phi) is 6.70. The molecule has 3 aromatic carbocycles. The van der Waals surface area contributed by atoms with Gasteiger partial charge in [-0.05, 0) is 43.3 Å².